The van der Waals surface area contributed by atoms with Crippen LogP contribution in [0.25, 0.3) is 0 Å². The summed E-state index contributed by atoms with van der Waals surface area (Å²) in [7, 11) is -1.86. The lowest BCUT2D eigenvalue weighted by molar-refractivity contribution is 0.180. The van der Waals surface area contributed by atoms with Crippen LogP contribution in [0.1, 0.15) is 20.3 Å². The van der Waals surface area contributed by atoms with Gasteiger partial charge in [0.25, 0.3) is 0 Å². The number of nitrogens with zero attached hydrogens (tertiary/aromatic N) is 4. The Morgan fingerprint density at radius 1 is 1.29 bits per heavy atom. The topological polar surface area (TPSA) is 84.5 Å². The Kier molecular flexibility index (Phi) is 4.90. The van der Waals surface area contributed by atoms with Gasteiger partial charge in [-0.3, -0.25) is 4.68 Å². The van der Waals surface area contributed by atoms with E-state index in [1.165, 1.54) is 15.2 Å². The molecule has 1 aromatic heterocycles. The average molecular weight is 315 g/mol. The Bertz CT molecular complexity index is 573. The van der Waals surface area contributed by atoms with E-state index in [0.29, 0.717) is 19.0 Å². The SMILES string of the molecule is CC(C)CCN1CCN(S(=O)(=O)c2cn(C)nc2N)CC1. The van der Waals surface area contributed by atoms with E-state index >= 15 is 0 Å². The molecule has 0 atom stereocenters. The van der Waals surface area contributed by atoms with Crippen molar-refractivity contribution in [1.82, 2.24) is 19.0 Å². The van der Waals surface area contributed by atoms with E-state index in [-0.39, 0.29) is 10.7 Å². The second-order valence-corrected chi connectivity index (χ2v) is 7.89. The zero-order valence-electron chi connectivity index (χ0n) is 13.0. The van der Waals surface area contributed by atoms with Crippen molar-refractivity contribution in [1.29, 1.82) is 0 Å². The molecule has 0 unspecified atom stereocenters. The van der Waals surface area contributed by atoms with Gasteiger partial charge in [0.05, 0.1) is 0 Å². The average Bonchev–Trinajstić information content (AvgIpc) is 2.76. The van der Waals surface area contributed by atoms with Gasteiger partial charge in [-0.05, 0) is 18.9 Å². The summed E-state index contributed by atoms with van der Waals surface area (Å²) in [5.74, 6) is 0.738. The Labute approximate surface area is 126 Å². The first kappa shape index (κ1) is 16.3. The summed E-state index contributed by atoms with van der Waals surface area (Å²) >= 11 is 0. The minimum atomic E-state index is -3.53. The smallest absolute Gasteiger partial charge is 0.248 e. The number of anilines is 1. The highest BCUT2D eigenvalue weighted by atomic mass is 32.2. The molecular formula is C13H25N5O2S. The third-order valence-electron chi connectivity index (χ3n) is 3.79. The summed E-state index contributed by atoms with van der Waals surface area (Å²) in [5.41, 5.74) is 5.69. The third kappa shape index (κ3) is 3.75. The van der Waals surface area contributed by atoms with Crippen LogP contribution >= 0.6 is 0 Å². The van der Waals surface area contributed by atoms with Crippen LogP contribution in [0.15, 0.2) is 11.1 Å². The van der Waals surface area contributed by atoms with Crippen molar-refractivity contribution >= 4 is 15.8 Å². The van der Waals surface area contributed by atoms with Crippen LogP contribution in [0, 0.1) is 5.92 Å². The number of nitrogen functional groups attached to an aromatic ring is 1. The van der Waals surface area contributed by atoms with Crippen LogP contribution in [-0.4, -0.2) is 60.1 Å². The highest BCUT2D eigenvalue weighted by Gasteiger charge is 2.31. The van der Waals surface area contributed by atoms with Crippen LogP contribution in [0.5, 0.6) is 0 Å². The zero-order valence-corrected chi connectivity index (χ0v) is 13.8. The van der Waals surface area contributed by atoms with E-state index < -0.39 is 10.0 Å². The third-order valence-corrected chi connectivity index (χ3v) is 5.71. The molecule has 21 heavy (non-hydrogen) atoms. The summed E-state index contributed by atoms with van der Waals surface area (Å²) in [5, 5.41) is 3.91. The summed E-state index contributed by atoms with van der Waals surface area (Å²) in [4.78, 5) is 2.43. The molecule has 0 aliphatic carbocycles. The lowest BCUT2D eigenvalue weighted by Gasteiger charge is -2.34. The number of aryl methyl sites for hydroxylation is 1. The quantitative estimate of drug-likeness (QED) is 0.848. The van der Waals surface area contributed by atoms with E-state index in [0.717, 1.165) is 26.1 Å². The van der Waals surface area contributed by atoms with Crippen molar-refractivity contribution in [3.8, 4) is 0 Å². The fourth-order valence-corrected chi connectivity index (χ4v) is 3.97. The molecule has 0 saturated carbocycles. The summed E-state index contributed by atoms with van der Waals surface area (Å²) < 4.78 is 28.1. The molecule has 120 valence electrons. The molecule has 0 radical (unpaired) electrons. The second kappa shape index (κ2) is 6.33. The van der Waals surface area contributed by atoms with Crippen LogP contribution in [0.2, 0.25) is 0 Å². The second-order valence-electron chi connectivity index (χ2n) is 5.98. The molecule has 2 rings (SSSR count). The van der Waals surface area contributed by atoms with Crippen LogP contribution < -0.4 is 5.73 Å². The number of piperazine rings is 1. The minimum absolute atomic E-state index is 0.0692. The van der Waals surface area contributed by atoms with Gasteiger partial charge in [0.1, 0.15) is 4.90 Å². The van der Waals surface area contributed by atoms with E-state index in [2.05, 4.69) is 23.8 Å². The fourth-order valence-electron chi connectivity index (χ4n) is 2.46. The van der Waals surface area contributed by atoms with E-state index in [1.807, 2.05) is 0 Å². The van der Waals surface area contributed by atoms with Gasteiger partial charge in [0.15, 0.2) is 5.82 Å². The predicted octanol–water partition coefficient (Wildman–Crippen LogP) is 0.355. The van der Waals surface area contributed by atoms with E-state index in [1.54, 1.807) is 7.05 Å². The summed E-state index contributed by atoms with van der Waals surface area (Å²) in [6.45, 7) is 7.99. The molecule has 1 fully saturated rings. The highest BCUT2D eigenvalue weighted by molar-refractivity contribution is 7.89. The maximum absolute atomic E-state index is 12.6. The van der Waals surface area contributed by atoms with E-state index in [4.69, 9.17) is 5.73 Å². The lowest BCUT2D eigenvalue weighted by Crippen LogP contribution is -2.48. The number of sulfonamides is 1. The number of hydrogen-bond donors (Lipinski definition) is 1. The monoisotopic (exact) mass is 315 g/mol. The van der Waals surface area contributed by atoms with Gasteiger partial charge in [-0.15, -0.1) is 0 Å². The molecule has 0 aromatic carbocycles. The van der Waals surface area contributed by atoms with Crippen molar-refractivity contribution in [2.24, 2.45) is 13.0 Å². The normalized spacial score (nSPS) is 18.5. The maximum Gasteiger partial charge on any atom is 0.248 e. The van der Waals surface area contributed by atoms with Crippen molar-refractivity contribution in [3.05, 3.63) is 6.20 Å². The highest BCUT2D eigenvalue weighted by Crippen LogP contribution is 2.22. The largest absolute Gasteiger partial charge is 0.381 e. The van der Waals surface area contributed by atoms with Gasteiger partial charge in [-0.2, -0.15) is 9.40 Å². The van der Waals surface area contributed by atoms with Crippen LogP contribution in [-0.2, 0) is 17.1 Å². The van der Waals surface area contributed by atoms with Crippen molar-refractivity contribution in [2.75, 3.05) is 38.5 Å². The van der Waals surface area contributed by atoms with Gasteiger partial charge in [0.2, 0.25) is 10.0 Å². The number of aromatic nitrogens is 2. The van der Waals surface area contributed by atoms with Gasteiger partial charge >= 0.3 is 0 Å². The van der Waals surface area contributed by atoms with Gasteiger partial charge in [0, 0.05) is 39.4 Å². The molecule has 2 heterocycles. The zero-order chi connectivity index (χ0) is 15.6. The van der Waals surface area contributed by atoms with Crippen LogP contribution in [0.4, 0.5) is 5.82 Å². The number of rotatable bonds is 5. The molecule has 1 saturated heterocycles. The molecule has 0 spiro atoms. The first-order valence-electron chi connectivity index (χ1n) is 7.32. The van der Waals surface area contributed by atoms with E-state index in [9.17, 15) is 8.42 Å². The van der Waals surface area contributed by atoms with Crippen LogP contribution in [0.3, 0.4) is 0 Å². The molecule has 0 amide bonds. The molecule has 2 N–H and O–H groups in total. The predicted molar refractivity (Wildman–Crippen MR) is 82.3 cm³/mol. The molecular weight excluding hydrogens is 290 g/mol. The summed E-state index contributed by atoms with van der Waals surface area (Å²) in [6.07, 6.45) is 2.61. The Morgan fingerprint density at radius 3 is 2.38 bits per heavy atom. The summed E-state index contributed by atoms with van der Waals surface area (Å²) in [6, 6.07) is 0. The molecule has 1 aromatic rings. The first-order chi connectivity index (χ1) is 9.80. The molecule has 1 aliphatic rings. The first-order valence-corrected chi connectivity index (χ1v) is 8.76. The Balaban J connectivity index is 2.00. The van der Waals surface area contributed by atoms with Gasteiger partial charge in [-0.25, -0.2) is 8.42 Å². The Morgan fingerprint density at radius 2 is 1.90 bits per heavy atom. The minimum Gasteiger partial charge on any atom is -0.381 e. The van der Waals surface area contributed by atoms with Gasteiger partial charge < -0.3 is 10.6 Å². The Hall–Kier alpha value is -1.12. The van der Waals surface area contributed by atoms with Crippen molar-refractivity contribution in [3.63, 3.8) is 0 Å². The molecule has 1 aliphatic heterocycles. The number of hydrogen-bond acceptors (Lipinski definition) is 5. The molecule has 8 heteroatoms. The lowest BCUT2D eigenvalue weighted by atomic mass is 10.1. The van der Waals surface area contributed by atoms with Crippen molar-refractivity contribution in [2.45, 2.75) is 25.2 Å². The fraction of sp³-hybridized carbons (Fsp3) is 0.769. The van der Waals surface area contributed by atoms with Crippen molar-refractivity contribution < 1.29 is 8.42 Å². The maximum atomic E-state index is 12.6. The number of nitrogens with two attached hydrogens (primary N) is 1. The molecule has 0 bridgehead atoms. The standard InChI is InChI=1S/C13H25N5O2S/c1-11(2)4-5-17-6-8-18(9-7-17)21(19,20)12-10-16(3)15-13(12)14/h10-11H,4-9H2,1-3H3,(H2,14,15). The molecule has 7 nitrogen and oxygen atoms in total. The van der Waals surface area contributed by atoms with Gasteiger partial charge in [-0.1, -0.05) is 13.8 Å².